The van der Waals surface area contributed by atoms with Crippen molar-refractivity contribution in [2.45, 2.75) is 26.1 Å². The van der Waals surface area contributed by atoms with E-state index < -0.39 is 0 Å². The van der Waals surface area contributed by atoms with E-state index in [9.17, 15) is 4.79 Å². The molecule has 1 aromatic rings. The van der Waals surface area contributed by atoms with Crippen LogP contribution in [0.1, 0.15) is 23.1 Å². The van der Waals surface area contributed by atoms with Gasteiger partial charge in [-0.25, -0.2) is 0 Å². The Bertz CT molecular complexity index is 446. The van der Waals surface area contributed by atoms with Crippen molar-refractivity contribution < 1.29 is 4.79 Å². The highest BCUT2D eigenvalue weighted by Gasteiger charge is 2.09. The van der Waals surface area contributed by atoms with E-state index in [0.717, 1.165) is 18.7 Å². The quantitative estimate of drug-likeness (QED) is 0.735. The number of terminal acetylenes is 1. The van der Waals surface area contributed by atoms with Gasteiger partial charge in [0.1, 0.15) is 0 Å². The van der Waals surface area contributed by atoms with Crippen LogP contribution >= 0.6 is 0 Å². The molecule has 1 aromatic carbocycles. The molecule has 0 saturated carbocycles. The van der Waals surface area contributed by atoms with Crippen molar-refractivity contribution in [3.63, 3.8) is 0 Å². The maximum Gasteiger partial charge on any atom is 0.232 e. The van der Waals surface area contributed by atoms with E-state index in [0.29, 0.717) is 6.54 Å². The number of amides is 1. The fourth-order valence-corrected chi connectivity index (χ4v) is 1.81. The number of hydrogen-bond acceptors (Lipinski definition) is 2. The summed E-state index contributed by atoms with van der Waals surface area (Å²) < 4.78 is 0. The predicted octanol–water partition coefficient (Wildman–Crippen LogP) is 0.929. The van der Waals surface area contributed by atoms with Gasteiger partial charge in [-0.1, -0.05) is 24.1 Å². The maximum atomic E-state index is 11.2. The molecule has 3 nitrogen and oxygen atoms in total. The minimum atomic E-state index is -0.0962. The third kappa shape index (κ3) is 2.41. The Labute approximate surface area is 95.2 Å². The second-order valence-corrected chi connectivity index (χ2v) is 3.86. The molecule has 2 N–H and O–H groups in total. The maximum absolute atomic E-state index is 11.2. The molecule has 0 aliphatic carbocycles. The molecular formula is C13H14N2O. The van der Waals surface area contributed by atoms with Crippen LogP contribution in [0.2, 0.25) is 0 Å². The monoisotopic (exact) mass is 214 g/mol. The Kier molecular flexibility index (Phi) is 3.23. The van der Waals surface area contributed by atoms with Gasteiger partial charge in [0.05, 0.1) is 6.42 Å². The Morgan fingerprint density at radius 3 is 3.06 bits per heavy atom. The summed E-state index contributed by atoms with van der Waals surface area (Å²) in [5.74, 6) is 2.23. The van der Waals surface area contributed by atoms with Crippen molar-refractivity contribution in [1.82, 2.24) is 10.6 Å². The van der Waals surface area contributed by atoms with Gasteiger partial charge >= 0.3 is 0 Å². The van der Waals surface area contributed by atoms with Crippen molar-refractivity contribution in [2.75, 3.05) is 0 Å². The van der Waals surface area contributed by atoms with Crippen molar-refractivity contribution >= 4 is 5.91 Å². The van der Waals surface area contributed by atoms with Crippen molar-refractivity contribution in [2.24, 2.45) is 0 Å². The van der Waals surface area contributed by atoms with Crippen LogP contribution in [0.25, 0.3) is 0 Å². The topological polar surface area (TPSA) is 41.1 Å². The summed E-state index contributed by atoms with van der Waals surface area (Å²) in [6.45, 7) is 2.41. The summed E-state index contributed by atoms with van der Waals surface area (Å²) in [7, 11) is 0. The average Bonchev–Trinajstić information content (AvgIpc) is 2.74. The number of benzene rings is 1. The minimum absolute atomic E-state index is 0.0962. The first-order valence-electron chi connectivity index (χ1n) is 5.31. The van der Waals surface area contributed by atoms with Crippen molar-refractivity contribution in [1.29, 1.82) is 0 Å². The van der Waals surface area contributed by atoms with Crippen molar-refractivity contribution in [3.05, 3.63) is 34.9 Å². The van der Waals surface area contributed by atoms with Crippen LogP contribution in [-0.4, -0.2) is 5.91 Å². The second kappa shape index (κ2) is 4.82. The summed E-state index contributed by atoms with van der Waals surface area (Å²) in [5.41, 5.74) is 3.79. The molecule has 0 aromatic heterocycles. The summed E-state index contributed by atoms with van der Waals surface area (Å²) in [5, 5.41) is 6.08. The SMILES string of the molecule is C#CCC(=O)NCc1ccc2c(c1)CNC2. The van der Waals surface area contributed by atoms with Gasteiger partial charge in [-0.3, -0.25) is 4.79 Å². The van der Waals surface area contributed by atoms with E-state index in [1.807, 2.05) is 6.07 Å². The Morgan fingerprint density at radius 1 is 1.44 bits per heavy atom. The zero-order valence-corrected chi connectivity index (χ0v) is 9.05. The van der Waals surface area contributed by atoms with Gasteiger partial charge in [0, 0.05) is 19.6 Å². The molecule has 0 bridgehead atoms. The zero-order valence-electron chi connectivity index (χ0n) is 9.05. The van der Waals surface area contributed by atoms with Gasteiger partial charge < -0.3 is 10.6 Å². The summed E-state index contributed by atoms with van der Waals surface area (Å²) in [6.07, 6.45) is 5.20. The Morgan fingerprint density at radius 2 is 2.25 bits per heavy atom. The first kappa shape index (κ1) is 10.7. The number of nitrogens with one attached hydrogen (secondary N) is 2. The molecule has 0 radical (unpaired) electrons. The molecule has 1 aliphatic rings. The fraction of sp³-hybridized carbons (Fsp3) is 0.308. The van der Waals surface area contributed by atoms with Crippen molar-refractivity contribution in [3.8, 4) is 12.3 Å². The smallest absolute Gasteiger partial charge is 0.232 e. The molecule has 0 saturated heterocycles. The van der Waals surface area contributed by atoms with Gasteiger partial charge in [0.25, 0.3) is 0 Å². The van der Waals surface area contributed by atoms with Crippen LogP contribution in [0.3, 0.4) is 0 Å². The normalized spacial score (nSPS) is 12.9. The Balaban J connectivity index is 1.96. The predicted molar refractivity (Wildman–Crippen MR) is 62.3 cm³/mol. The lowest BCUT2D eigenvalue weighted by atomic mass is 10.1. The number of carbonyl (C=O) groups is 1. The molecule has 82 valence electrons. The zero-order chi connectivity index (χ0) is 11.4. The minimum Gasteiger partial charge on any atom is -0.351 e. The molecule has 1 amide bonds. The van der Waals surface area contributed by atoms with E-state index >= 15 is 0 Å². The molecule has 0 atom stereocenters. The van der Waals surface area contributed by atoms with Crippen LogP contribution < -0.4 is 10.6 Å². The van der Waals surface area contributed by atoms with Gasteiger partial charge in [-0.15, -0.1) is 6.42 Å². The second-order valence-electron chi connectivity index (χ2n) is 3.86. The lowest BCUT2D eigenvalue weighted by Crippen LogP contribution is -2.21. The summed E-state index contributed by atoms with van der Waals surface area (Å²) in [4.78, 5) is 11.2. The molecule has 1 heterocycles. The van der Waals surface area contributed by atoms with Gasteiger partial charge in [0.15, 0.2) is 0 Å². The van der Waals surface area contributed by atoms with Crippen LogP contribution in [0.5, 0.6) is 0 Å². The summed E-state index contributed by atoms with van der Waals surface area (Å²) >= 11 is 0. The lowest BCUT2D eigenvalue weighted by Gasteiger charge is -2.05. The number of carbonyl (C=O) groups excluding carboxylic acids is 1. The molecule has 2 rings (SSSR count). The molecule has 0 spiro atoms. The third-order valence-electron chi connectivity index (χ3n) is 2.65. The van der Waals surface area contributed by atoms with Crippen LogP contribution in [0.15, 0.2) is 18.2 Å². The van der Waals surface area contributed by atoms with Gasteiger partial charge in [-0.05, 0) is 16.7 Å². The molecular weight excluding hydrogens is 200 g/mol. The van der Waals surface area contributed by atoms with Crippen LogP contribution in [-0.2, 0) is 24.4 Å². The third-order valence-corrected chi connectivity index (χ3v) is 2.65. The van der Waals surface area contributed by atoms with Gasteiger partial charge in [-0.2, -0.15) is 0 Å². The molecule has 3 heteroatoms. The highest BCUT2D eigenvalue weighted by Crippen LogP contribution is 2.16. The van der Waals surface area contributed by atoms with E-state index in [1.165, 1.54) is 11.1 Å². The number of rotatable bonds is 3. The Hall–Kier alpha value is -1.79. The standard InChI is InChI=1S/C13H14N2O/c1-2-3-13(16)15-7-10-4-5-11-8-14-9-12(11)6-10/h1,4-6,14H,3,7-9H2,(H,15,16). The van der Waals surface area contributed by atoms with Gasteiger partial charge in [0.2, 0.25) is 5.91 Å². The largest absolute Gasteiger partial charge is 0.351 e. The fourth-order valence-electron chi connectivity index (χ4n) is 1.81. The highest BCUT2D eigenvalue weighted by atomic mass is 16.1. The number of fused-ring (bicyclic) bond motifs is 1. The molecule has 16 heavy (non-hydrogen) atoms. The first-order chi connectivity index (χ1) is 7.79. The molecule has 0 unspecified atom stereocenters. The van der Waals surface area contributed by atoms with E-state index in [2.05, 4.69) is 28.7 Å². The average molecular weight is 214 g/mol. The molecule has 1 aliphatic heterocycles. The first-order valence-corrected chi connectivity index (χ1v) is 5.31. The van der Waals surface area contributed by atoms with E-state index in [4.69, 9.17) is 6.42 Å². The van der Waals surface area contributed by atoms with Crippen LogP contribution in [0.4, 0.5) is 0 Å². The number of hydrogen-bond donors (Lipinski definition) is 2. The summed E-state index contributed by atoms with van der Waals surface area (Å²) in [6, 6.07) is 6.28. The van der Waals surface area contributed by atoms with E-state index in [1.54, 1.807) is 0 Å². The highest BCUT2D eigenvalue weighted by molar-refractivity contribution is 5.78. The molecule has 0 fully saturated rings. The lowest BCUT2D eigenvalue weighted by molar-refractivity contribution is -0.120. The van der Waals surface area contributed by atoms with Crippen LogP contribution in [0, 0.1) is 12.3 Å². The van der Waals surface area contributed by atoms with E-state index in [-0.39, 0.29) is 12.3 Å².